The molecule has 8 nitrogen and oxygen atoms in total. The van der Waals surface area contributed by atoms with Crippen molar-refractivity contribution in [3.05, 3.63) is 87.9 Å². The number of halogens is 2. The second kappa shape index (κ2) is 14.8. The number of aryl methyl sites for hydroxylation is 1. The Morgan fingerprint density at radius 1 is 0.976 bits per heavy atom. The molecule has 42 heavy (non-hydrogen) atoms. The van der Waals surface area contributed by atoms with Crippen molar-refractivity contribution >= 4 is 50.7 Å². The van der Waals surface area contributed by atoms with Crippen molar-refractivity contribution in [2.75, 3.05) is 24.5 Å². The van der Waals surface area contributed by atoms with E-state index in [-0.39, 0.29) is 39.0 Å². The van der Waals surface area contributed by atoms with E-state index in [2.05, 4.69) is 5.32 Å². The van der Waals surface area contributed by atoms with E-state index in [1.54, 1.807) is 37.4 Å². The van der Waals surface area contributed by atoms with Gasteiger partial charge in [0.25, 0.3) is 10.0 Å². The van der Waals surface area contributed by atoms with Gasteiger partial charge >= 0.3 is 0 Å². The first-order valence-corrected chi connectivity index (χ1v) is 15.8. The number of hydrogen-bond acceptors (Lipinski definition) is 5. The molecule has 2 amide bonds. The maximum Gasteiger partial charge on any atom is 0.264 e. The maximum atomic E-state index is 14.2. The summed E-state index contributed by atoms with van der Waals surface area (Å²) >= 11 is 12.4. The quantitative estimate of drug-likeness (QED) is 0.246. The minimum Gasteiger partial charge on any atom is -0.497 e. The number of sulfonamides is 1. The Bertz CT molecular complexity index is 1500. The van der Waals surface area contributed by atoms with Crippen molar-refractivity contribution in [3.8, 4) is 5.75 Å². The highest BCUT2D eigenvalue weighted by Crippen LogP contribution is 2.31. The number of nitrogens with one attached hydrogen (secondary N) is 1. The molecule has 0 aromatic heterocycles. The van der Waals surface area contributed by atoms with Crippen molar-refractivity contribution in [3.63, 3.8) is 0 Å². The molecule has 0 spiro atoms. The van der Waals surface area contributed by atoms with E-state index in [4.69, 9.17) is 27.9 Å². The number of carbonyl (C=O) groups is 2. The molecule has 0 radical (unpaired) electrons. The number of amides is 2. The van der Waals surface area contributed by atoms with E-state index in [0.717, 1.165) is 15.4 Å². The lowest BCUT2D eigenvalue weighted by atomic mass is 10.1. The highest BCUT2D eigenvalue weighted by molar-refractivity contribution is 7.92. The third kappa shape index (κ3) is 8.40. The number of anilines is 1. The van der Waals surface area contributed by atoms with E-state index in [9.17, 15) is 18.0 Å². The third-order valence-electron chi connectivity index (χ3n) is 6.64. The molecule has 1 unspecified atom stereocenters. The molecule has 0 heterocycles. The maximum absolute atomic E-state index is 14.2. The zero-order valence-electron chi connectivity index (χ0n) is 24.4. The molecule has 1 atom stereocenters. The molecule has 0 saturated heterocycles. The summed E-state index contributed by atoms with van der Waals surface area (Å²) in [6.07, 6.45) is 0.317. The van der Waals surface area contributed by atoms with Gasteiger partial charge in [-0.25, -0.2) is 8.42 Å². The van der Waals surface area contributed by atoms with Gasteiger partial charge < -0.3 is 15.0 Å². The van der Waals surface area contributed by atoms with E-state index in [1.165, 1.54) is 35.2 Å². The van der Waals surface area contributed by atoms with Crippen molar-refractivity contribution in [1.82, 2.24) is 10.2 Å². The molecule has 0 aliphatic carbocycles. The van der Waals surface area contributed by atoms with Gasteiger partial charge in [0, 0.05) is 13.1 Å². The molecule has 3 aromatic rings. The summed E-state index contributed by atoms with van der Waals surface area (Å²) < 4.78 is 34.3. The topological polar surface area (TPSA) is 96.0 Å². The molecule has 1 N–H and O–H groups in total. The van der Waals surface area contributed by atoms with Crippen LogP contribution >= 0.6 is 23.2 Å². The number of nitrogens with zero attached hydrogens (tertiary/aromatic N) is 2. The van der Waals surface area contributed by atoms with Crippen molar-refractivity contribution in [2.45, 2.75) is 51.6 Å². The summed E-state index contributed by atoms with van der Waals surface area (Å²) in [4.78, 5) is 28.9. The summed E-state index contributed by atoms with van der Waals surface area (Å²) in [6, 6.07) is 17.0. The predicted molar refractivity (Wildman–Crippen MR) is 168 cm³/mol. The fraction of sp³-hybridized carbons (Fsp3) is 0.355. The fourth-order valence-electron chi connectivity index (χ4n) is 4.32. The van der Waals surface area contributed by atoms with E-state index < -0.39 is 28.5 Å². The Hall–Kier alpha value is -3.27. The molecule has 3 aromatic carbocycles. The van der Waals surface area contributed by atoms with Crippen LogP contribution in [0.1, 0.15) is 38.3 Å². The number of hydrogen-bond donors (Lipinski definition) is 1. The zero-order valence-corrected chi connectivity index (χ0v) is 26.8. The van der Waals surface area contributed by atoms with Gasteiger partial charge in [-0.2, -0.15) is 0 Å². The Morgan fingerprint density at radius 2 is 1.67 bits per heavy atom. The Balaban J connectivity index is 2.08. The van der Waals surface area contributed by atoms with Crippen LogP contribution in [0.3, 0.4) is 0 Å². The largest absolute Gasteiger partial charge is 0.497 e. The van der Waals surface area contributed by atoms with Gasteiger partial charge in [0.05, 0.1) is 27.7 Å². The van der Waals surface area contributed by atoms with Crippen LogP contribution < -0.4 is 14.4 Å². The van der Waals surface area contributed by atoms with Crippen LogP contribution in [-0.2, 0) is 26.2 Å². The normalized spacial score (nSPS) is 12.1. The lowest BCUT2D eigenvalue weighted by molar-refractivity contribution is -0.140. The van der Waals surface area contributed by atoms with Gasteiger partial charge in [-0.1, -0.05) is 73.8 Å². The number of methoxy groups -OCH3 is 1. The smallest absolute Gasteiger partial charge is 0.264 e. The second-order valence-corrected chi connectivity index (χ2v) is 13.0. The minimum absolute atomic E-state index is 0.00744. The second-order valence-electron chi connectivity index (χ2n) is 10.4. The lowest BCUT2D eigenvalue weighted by Gasteiger charge is -2.33. The Kier molecular flexibility index (Phi) is 11.7. The van der Waals surface area contributed by atoms with Crippen LogP contribution in [-0.4, -0.2) is 51.4 Å². The lowest BCUT2D eigenvalue weighted by Crippen LogP contribution is -2.52. The van der Waals surface area contributed by atoms with Crippen molar-refractivity contribution < 1.29 is 22.7 Å². The van der Waals surface area contributed by atoms with Crippen LogP contribution in [0.5, 0.6) is 5.75 Å². The van der Waals surface area contributed by atoms with Gasteiger partial charge in [0.1, 0.15) is 18.3 Å². The molecule has 0 bridgehead atoms. The number of carbonyl (C=O) groups excluding carboxylic acids is 2. The van der Waals surface area contributed by atoms with Gasteiger partial charge in [0.15, 0.2) is 0 Å². The molecule has 226 valence electrons. The van der Waals surface area contributed by atoms with Crippen LogP contribution in [0.15, 0.2) is 71.6 Å². The standard InChI is InChI=1S/C31H37Cl2N3O5S/c1-6-29(31(38)34-18-21(2)3)35(19-23-8-7-9-25(16-23)41-5)30(37)20-36(24-12-15-27(32)28(33)17-24)42(39,40)26-13-10-22(4)11-14-26/h7-17,21,29H,6,18-20H2,1-5H3,(H,34,38). The highest BCUT2D eigenvalue weighted by atomic mass is 35.5. The average molecular weight is 635 g/mol. The van der Waals surface area contributed by atoms with Crippen LogP contribution in [0.25, 0.3) is 0 Å². The minimum atomic E-state index is -4.22. The third-order valence-corrected chi connectivity index (χ3v) is 9.16. The summed E-state index contributed by atoms with van der Waals surface area (Å²) in [5.41, 5.74) is 1.77. The first kappa shape index (κ1) is 33.2. The Labute approximate surface area is 258 Å². The van der Waals surface area contributed by atoms with Gasteiger partial charge in [-0.05, 0) is 67.3 Å². The molecular weight excluding hydrogens is 597 g/mol. The van der Waals surface area contributed by atoms with E-state index >= 15 is 0 Å². The summed E-state index contributed by atoms with van der Waals surface area (Å²) in [7, 11) is -2.68. The molecular formula is C31H37Cl2N3O5S. The van der Waals surface area contributed by atoms with Gasteiger partial charge in [-0.15, -0.1) is 0 Å². The SMILES string of the molecule is CCC(C(=O)NCC(C)C)N(Cc1cccc(OC)c1)C(=O)CN(c1ccc(Cl)c(Cl)c1)S(=O)(=O)c1ccc(C)cc1. The van der Waals surface area contributed by atoms with E-state index in [1.807, 2.05) is 33.8 Å². The van der Waals surface area contributed by atoms with Gasteiger partial charge in [-0.3, -0.25) is 13.9 Å². The molecule has 0 aliphatic rings. The number of rotatable bonds is 13. The first-order chi connectivity index (χ1) is 19.9. The predicted octanol–water partition coefficient (Wildman–Crippen LogP) is 6.09. The monoisotopic (exact) mass is 633 g/mol. The Morgan fingerprint density at radius 3 is 2.26 bits per heavy atom. The van der Waals surface area contributed by atoms with Crippen LogP contribution in [0.2, 0.25) is 10.0 Å². The molecule has 3 rings (SSSR count). The average Bonchev–Trinajstić information content (AvgIpc) is 2.96. The summed E-state index contributed by atoms with van der Waals surface area (Å²) in [5.74, 6) is -0.0774. The molecule has 0 saturated carbocycles. The molecule has 0 fully saturated rings. The van der Waals surface area contributed by atoms with E-state index in [0.29, 0.717) is 18.7 Å². The van der Waals surface area contributed by atoms with Crippen molar-refractivity contribution in [2.24, 2.45) is 5.92 Å². The van der Waals surface area contributed by atoms with Gasteiger partial charge in [0.2, 0.25) is 11.8 Å². The molecule has 11 heteroatoms. The van der Waals surface area contributed by atoms with Crippen LogP contribution in [0.4, 0.5) is 5.69 Å². The van der Waals surface area contributed by atoms with Crippen molar-refractivity contribution in [1.29, 1.82) is 0 Å². The summed E-state index contributed by atoms with van der Waals surface area (Å²) in [5, 5.41) is 3.30. The number of benzene rings is 3. The number of ether oxygens (including phenoxy) is 1. The first-order valence-electron chi connectivity index (χ1n) is 13.6. The fourth-order valence-corrected chi connectivity index (χ4v) is 6.01. The van der Waals surface area contributed by atoms with Crippen LogP contribution in [0, 0.1) is 12.8 Å². The summed E-state index contributed by atoms with van der Waals surface area (Å²) in [6.45, 7) is 7.54. The highest BCUT2D eigenvalue weighted by Gasteiger charge is 2.34. The zero-order chi connectivity index (χ0) is 31.0. The molecule has 0 aliphatic heterocycles.